The minimum Gasteiger partial charge on any atom is -0.494 e. The molecule has 2 amide bonds. The summed E-state index contributed by atoms with van der Waals surface area (Å²) < 4.78 is 5.66. The number of nitrogens with one attached hydrogen (secondary N) is 1. The average molecular weight is 475 g/mol. The van der Waals surface area contributed by atoms with Gasteiger partial charge in [-0.25, -0.2) is 0 Å². The van der Waals surface area contributed by atoms with Crippen LogP contribution in [0.2, 0.25) is 0 Å². The Hall–Kier alpha value is -3.25. The second kappa shape index (κ2) is 11.3. The van der Waals surface area contributed by atoms with E-state index in [0.29, 0.717) is 23.6 Å². The molecular formula is C28H30N2O3S. The summed E-state index contributed by atoms with van der Waals surface area (Å²) >= 11 is 1.62. The van der Waals surface area contributed by atoms with Crippen molar-refractivity contribution in [2.24, 2.45) is 0 Å². The minimum atomic E-state index is -0.170. The number of hydrogen-bond donors (Lipinski definition) is 1. The van der Waals surface area contributed by atoms with Crippen LogP contribution < -0.4 is 15.0 Å². The average Bonchev–Trinajstić information content (AvgIpc) is 3.26. The SMILES string of the molecule is CCCCOc1ccc(C(=O)Nc2ccc([C@H]3SCC(=O)N3c3ccc(CC)cc3)cc2)cc1. The fraction of sp³-hybridized carbons (Fsp3) is 0.286. The molecule has 0 bridgehead atoms. The number of nitrogens with zero attached hydrogens (tertiary/aromatic N) is 1. The summed E-state index contributed by atoms with van der Waals surface area (Å²) in [6, 6.07) is 23.1. The first-order valence-corrected chi connectivity index (χ1v) is 12.8. The van der Waals surface area contributed by atoms with Crippen LogP contribution in [0.25, 0.3) is 0 Å². The maximum atomic E-state index is 12.7. The molecule has 4 rings (SSSR count). The highest BCUT2D eigenvalue weighted by atomic mass is 32.2. The number of aryl methyl sites for hydroxylation is 1. The van der Waals surface area contributed by atoms with Crippen molar-refractivity contribution in [2.45, 2.75) is 38.5 Å². The van der Waals surface area contributed by atoms with Crippen molar-refractivity contribution in [1.29, 1.82) is 0 Å². The van der Waals surface area contributed by atoms with E-state index in [2.05, 4.69) is 31.3 Å². The lowest BCUT2D eigenvalue weighted by Gasteiger charge is -2.24. The van der Waals surface area contributed by atoms with Crippen molar-refractivity contribution in [3.8, 4) is 5.75 Å². The van der Waals surface area contributed by atoms with Crippen LogP contribution in [0, 0.1) is 0 Å². The lowest BCUT2D eigenvalue weighted by molar-refractivity contribution is -0.115. The molecule has 3 aromatic carbocycles. The Morgan fingerprint density at radius 2 is 1.71 bits per heavy atom. The molecule has 6 heteroatoms. The van der Waals surface area contributed by atoms with Crippen LogP contribution >= 0.6 is 11.8 Å². The third kappa shape index (κ3) is 5.62. The van der Waals surface area contributed by atoms with Gasteiger partial charge in [-0.15, -0.1) is 11.8 Å². The van der Waals surface area contributed by atoms with Crippen molar-refractivity contribution in [3.05, 3.63) is 89.5 Å². The molecule has 1 N–H and O–H groups in total. The van der Waals surface area contributed by atoms with Gasteiger partial charge in [-0.05, 0) is 72.5 Å². The summed E-state index contributed by atoms with van der Waals surface area (Å²) in [5, 5.41) is 2.87. The van der Waals surface area contributed by atoms with E-state index >= 15 is 0 Å². The molecule has 1 fully saturated rings. The standard InChI is InChI=1S/C28H30N2O3S/c1-3-5-18-33-25-16-10-21(11-17-25)27(32)29-23-12-8-22(9-13-23)28-30(26(31)19-34-28)24-14-6-20(4-2)7-15-24/h6-17,28H,3-5,18-19H2,1-2H3,(H,29,32)/t28-/m1/s1. The number of unbranched alkanes of at least 4 members (excludes halogenated alkanes) is 1. The normalized spacial score (nSPS) is 15.4. The lowest BCUT2D eigenvalue weighted by atomic mass is 10.1. The molecule has 1 saturated heterocycles. The van der Waals surface area contributed by atoms with Crippen LogP contribution in [0.1, 0.15) is 53.5 Å². The molecule has 0 radical (unpaired) electrons. The zero-order valence-electron chi connectivity index (χ0n) is 19.6. The molecule has 176 valence electrons. The zero-order chi connectivity index (χ0) is 23.9. The second-order valence-electron chi connectivity index (χ2n) is 8.25. The summed E-state index contributed by atoms with van der Waals surface area (Å²) in [6.45, 7) is 4.92. The van der Waals surface area contributed by atoms with Crippen molar-refractivity contribution < 1.29 is 14.3 Å². The van der Waals surface area contributed by atoms with Crippen LogP contribution in [0.3, 0.4) is 0 Å². The Morgan fingerprint density at radius 1 is 1.00 bits per heavy atom. The molecule has 0 unspecified atom stereocenters. The summed E-state index contributed by atoms with van der Waals surface area (Å²) in [7, 11) is 0. The molecule has 1 heterocycles. The maximum Gasteiger partial charge on any atom is 0.255 e. The van der Waals surface area contributed by atoms with E-state index in [1.54, 1.807) is 23.9 Å². The van der Waals surface area contributed by atoms with Crippen molar-refractivity contribution in [2.75, 3.05) is 22.6 Å². The highest BCUT2D eigenvalue weighted by Crippen LogP contribution is 2.42. The van der Waals surface area contributed by atoms with Gasteiger partial charge in [0.15, 0.2) is 0 Å². The minimum absolute atomic E-state index is 0.0787. The number of amides is 2. The summed E-state index contributed by atoms with van der Waals surface area (Å²) in [6.07, 6.45) is 3.06. The largest absolute Gasteiger partial charge is 0.494 e. The smallest absolute Gasteiger partial charge is 0.255 e. The maximum absolute atomic E-state index is 12.7. The molecule has 1 aliphatic heterocycles. The summed E-state index contributed by atoms with van der Waals surface area (Å²) in [5.41, 5.74) is 4.48. The van der Waals surface area contributed by atoms with Crippen LogP contribution in [0.15, 0.2) is 72.8 Å². The zero-order valence-corrected chi connectivity index (χ0v) is 20.4. The van der Waals surface area contributed by atoms with Crippen LogP contribution in [0.5, 0.6) is 5.75 Å². The molecule has 0 spiro atoms. The van der Waals surface area contributed by atoms with E-state index in [1.807, 2.05) is 53.4 Å². The number of anilines is 2. The fourth-order valence-electron chi connectivity index (χ4n) is 3.81. The molecule has 1 atom stereocenters. The van der Waals surface area contributed by atoms with Gasteiger partial charge in [0, 0.05) is 16.9 Å². The van der Waals surface area contributed by atoms with E-state index in [9.17, 15) is 9.59 Å². The van der Waals surface area contributed by atoms with Gasteiger partial charge in [-0.2, -0.15) is 0 Å². The van der Waals surface area contributed by atoms with E-state index < -0.39 is 0 Å². The van der Waals surface area contributed by atoms with Gasteiger partial charge < -0.3 is 10.1 Å². The van der Waals surface area contributed by atoms with Crippen molar-refractivity contribution in [1.82, 2.24) is 0 Å². The van der Waals surface area contributed by atoms with Crippen molar-refractivity contribution >= 4 is 35.0 Å². The Bertz CT molecular complexity index is 1110. The fourth-order valence-corrected chi connectivity index (χ4v) is 4.99. The number of carbonyl (C=O) groups excluding carboxylic acids is 2. The van der Waals surface area contributed by atoms with Gasteiger partial charge in [0.2, 0.25) is 5.91 Å². The Kier molecular flexibility index (Phi) is 7.91. The number of benzene rings is 3. The Balaban J connectivity index is 1.41. The number of rotatable bonds is 9. The summed E-state index contributed by atoms with van der Waals surface area (Å²) in [4.78, 5) is 27.1. The monoisotopic (exact) mass is 474 g/mol. The van der Waals surface area contributed by atoms with Crippen LogP contribution in [0.4, 0.5) is 11.4 Å². The number of hydrogen-bond acceptors (Lipinski definition) is 4. The third-order valence-corrected chi connectivity index (χ3v) is 7.04. The van der Waals surface area contributed by atoms with Gasteiger partial charge >= 0.3 is 0 Å². The number of ether oxygens (including phenoxy) is 1. The van der Waals surface area contributed by atoms with E-state index in [-0.39, 0.29) is 17.2 Å². The Labute approximate surface area is 205 Å². The molecule has 34 heavy (non-hydrogen) atoms. The summed E-state index contributed by atoms with van der Waals surface area (Å²) in [5.74, 6) is 1.16. The van der Waals surface area contributed by atoms with E-state index in [0.717, 1.165) is 36.3 Å². The topological polar surface area (TPSA) is 58.6 Å². The predicted octanol–water partition coefficient (Wildman–Crippen LogP) is 6.46. The molecule has 0 aliphatic carbocycles. The van der Waals surface area contributed by atoms with E-state index in [1.165, 1.54) is 5.56 Å². The first-order chi connectivity index (χ1) is 16.6. The molecule has 0 saturated carbocycles. The first kappa shape index (κ1) is 23.9. The number of thioether (sulfide) groups is 1. The van der Waals surface area contributed by atoms with Crippen LogP contribution in [-0.2, 0) is 11.2 Å². The molecule has 1 aliphatic rings. The van der Waals surface area contributed by atoms with Gasteiger partial charge in [-0.3, -0.25) is 14.5 Å². The van der Waals surface area contributed by atoms with Gasteiger partial charge in [0.25, 0.3) is 5.91 Å². The molecule has 0 aromatic heterocycles. The van der Waals surface area contributed by atoms with Crippen LogP contribution in [-0.4, -0.2) is 24.2 Å². The third-order valence-electron chi connectivity index (χ3n) is 5.83. The van der Waals surface area contributed by atoms with Gasteiger partial charge in [-0.1, -0.05) is 44.5 Å². The molecular weight excluding hydrogens is 444 g/mol. The second-order valence-corrected chi connectivity index (χ2v) is 9.32. The number of carbonyl (C=O) groups is 2. The molecule has 3 aromatic rings. The first-order valence-electron chi connectivity index (χ1n) is 11.8. The van der Waals surface area contributed by atoms with Gasteiger partial charge in [0.1, 0.15) is 11.1 Å². The quantitative estimate of drug-likeness (QED) is 0.362. The lowest BCUT2D eigenvalue weighted by Crippen LogP contribution is -2.27. The van der Waals surface area contributed by atoms with Gasteiger partial charge in [0.05, 0.1) is 12.4 Å². The highest BCUT2D eigenvalue weighted by molar-refractivity contribution is 8.00. The highest BCUT2D eigenvalue weighted by Gasteiger charge is 2.33. The predicted molar refractivity (Wildman–Crippen MR) is 140 cm³/mol. The Morgan fingerprint density at radius 3 is 2.35 bits per heavy atom. The molecule has 5 nitrogen and oxygen atoms in total. The van der Waals surface area contributed by atoms with Crippen molar-refractivity contribution in [3.63, 3.8) is 0 Å². The van der Waals surface area contributed by atoms with E-state index in [4.69, 9.17) is 4.74 Å².